The van der Waals surface area contributed by atoms with Crippen LogP contribution in [0.5, 0.6) is 17.2 Å². The molecule has 2 aromatic carbocycles. The van der Waals surface area contributed by atoms with Crippen molar-refractivity contribution in [3.8, 4) is 28.6 Å². The monoisotopic (exact) mass is 544 g/mol. The van der Waals surface area contributed by atoms with Gasteiger partial charge in [-0.1, -0.05) is 21.1 Å². The number of piperidine rings is 1. The molecule has 0 atom stereocenters. The maximum absolute atomic E-state index is 12.8. The molecule has 9 nitrogen and oxygen atoms in total. The van der Waals surface area contributed by atoms with Crippen molar-refractivity contribution in [2.75, 3.05) is 34.4 Å². The smallest absolute Gasteiger partial charge is 0.241 e. The van der Waals surface area contributed by atoms with Gasteiger partial charge in [-0.05, 0) is 67.9 Å². The summed E-state index contributed by atoms with van der Waals surface area (Å²) in [6, 6.07) is 11.5. The molecule has 1 amide bonds. The number of ether oxygens (including phenoxy) is 3. The zero-order valence-corrected chi connectivity index (χ0v) is 21.6. The molecule has 4 rings (SSSR count). The fourth-order valence-corrected chi connectivity index (χ4v) is 4.42. The average Bonchev–Trinajstić information content (AvgIpc) is 3.35. The van der Waals surface area contributed by atoms with Gasteiger partial charge in [0.1, 0.15) is 0 Å². The van der Waals surface area contributed by atoms with Crippen LogP contribution in [0.25, 0.3) is 11.4 Å². The van der Waals surface area contributed by atoms with Crippen molar-refractivity contribution >= 4 is 21.8 Å². The lowest BCUT2D eigenvalue weighted by Crippen LogP contribution is -2.40. The number of nitrogens with one attached hydrogen (secondary N) is 1. The van der Waals surface area contributed by atoms with Crippen LogP contribution in [0, 0.1) is 5.92 Å². The summed E-state index contributed by atoms with van der Waals surface area (Å²) in [5, 5.41) is 7.14. The number of rotatable bonds is 9. The fourth-order valence-electron chi connectivity index (χ4n) is 4.15. The second-order valence-corrected chi connectivity index (χ2v) is 9.24. The highest BCUT2D eigenvalue weighted by Crippen LogP contribution is 2.38. The van der Waals surface area contributed by atoms with E-state index in [2.05, 4.69) is 36.3 Å². The molecule has 35 heavy (non-hydrogen) atoms. The van der Waals surface area contributed by atoms with Gasteiger partial charge in [0.2, 0.25) is 23.4 Å². The SMILES string of the molecule is COc1cc(CNC(=O)C2CCN(Cc3nc(-c4ccc(Br)cc4)no3)CC2)cc(OC)c1OC. The summed E-state index contributed by atoms with van der Waals surface area (Å²) in [5.74, 6) is 2.83. The maximum Gasteiger partial charge on any atom is 0.241 e. The van der Waals surface area contributed by atoms with Gasteiger partial charge < -0.3 is 24.1 Å². The van der Waals surface area contributed by atoms with Gasteiger partial charge in [-0.2, -0.15) is 4.98 Å². The molecule has 0 unspecified atom stereocenters. The number of amides is 1. The summed E-state index contributed by atoms with van der Waals surface area (Å²) in [5.41, 5.74) is 1.79. The molecule has 2 heterocycles. The number of methoxy groups -OCH3 is 3. The summed E-state index contributed by atoms with van der Waals surface area (Å²) in [4.78, 5) is 19.5. The first-order valence-corrected chi connectivity index (χ1v) is 12.2. The Bertz CT molecular complexity index is 1120. The van der Waals surface area contributed by atoms with Crippen molar-refractivity contribution in [2.24, 2.45) is 5.92 Å². The molecule has 1 saturated heterocycles. The Morgan fingerprint density at radius 2 is 1.74 bits per heavy atom. The quantitative estimate of drug-likeness (QED) is 0.430. The van der Waals surface area contributed by atoms with Crippen LogP contribution in [0.3, 0.4) is 0 Å². The van der Waals surface area contributed by atoms with Crippen LogP contribution in [0.4, 0.5) is 0 Å². The van der Waals surface area contributed by atoms with Crippen LogP contribution in [0.15, 0.2) is 45.4 Å². The molecular weight excluding hydrogens is 516 g/mol. The van der Waals surface area contributed by atoms with E-state index in [1.165, 1.54) is 0 Å². The maximum atomic E-state index is 12.8. The van der Waals surface area contributed by atoms with Gasteiger partial charge in [0.05, 0.1) is 27.9 Å². The highest BCUT2D eigenvalue weighted by molar-refractivity contribution is 9.10. The van der Waals surface area contributed by atoms with E-state index in [9.17, 15) is 4.79 Å². The fraction of sp³-hybridized carbons (Fsp3) is 0.400. The van der Waals surface area contributed by atoms with E-state index in [1.54, 1.807) is 21.3 Å². The number of hydrogen-bond donors (Lipinski definition) is 1. The zero-order valence-electron chi connectivity index (χ0n) is 20.0. The van der Waals surface area contributed by atoms with Crippen molar-refractivity contribution in [3.63, 3.8) is 0 Å². The molecule has 1 aromatic heterocycles. The molecule has 1 aliphatic rings. The Morgan fingerprint density at radius 3 is 2.34 bits per heavy atom. The first kappa shape index (κ1) is 25.0. The minimum Gasteiger partial charge on any atom is -0.493 e. The standard InChI is InChI=1S/C25H29BrN4O5/c1-32-20-12-16(13-21(33-2)23(20)34-3)14-27-25(31)18-8-10-30(11-9-18)15-22-28-24(29-35-22)17-4-6-19(26)7-5-17/h4-7,12-13,18H,8-11,14-15H2,1-3H3,(H,27,31). The summed E-state index contributed by atoms with van der Waals surface area (Å²) in [6.07, 6.45) is 1.55. The third-order valence-corrected chi connectivity index (χ3v) is 6.61. The van der Waals surface area contributed by atoms with Gasteiger partial charge in [0.25, 0.3) is 0 Å². The Balaban J connectivity index is 1.27. The largest absolute Gasteiger partial charge is 0.493 e. The molecule has 1 aliphatic heterocycles. The van der Waals surface area contributed by atoms with Crippen molar-refractivity contribution in [1.29, 1.82) is 0 Å². The Morgan fingerprint density at radius 1 is 1.09 bits per heavy atom. The van der Waals surface area contributed by atoms with E-state index in [1.807, 2.05) is 36.4 Å². The Kier molecular flexibility index (Phi) is 8.25. The van der Waals surface area contributed by atoms with E-state index in [-0.39, 0.29) is 11.8 Å². The van der Waals surface area contributed by atoms with E-state index < -0.39 is 0 Å². The van der Waals surface area contributed by atoms with E-state index in [0.29, 0.717) is 42.1 Å². The molecule has 0 bridgehead atoms. The predicted molar refractivity (Wildman–Crippen MR) is 133 cm³/mol. The van der Waals surface area contributed by atoms with Crippen molar-refractivity contribution in [1.82, 2.24) is 20.4 Å². The van der Waals surface area contributed by atoms with E-state index in [0.717, 1.165) is 41.5 Å². The highest BCUT2D eigenvalue weighted by atomic mass is 79.9. The molecule has 1 fully saturated rings. The molecule has 3 aromatic rings. The third kappa shape index (κ3) is 6.12. The van der Waals surface area contributed by atoms with Crippen LogP contribution >= 0.6 is 15.9 Å². The number of aromatic nitrogens is 2. The van der Waals surface area contributed by atoms with Crippen molar-refractivity contribution in [3.05, 3.63) is 52.3 Å². The van der Waals surface area contributed by atoms with Crippen LogP contribution in [0.2, 0.25) is 0 Å². The Labute approximate surface area is 212 Å². The molecule has 186 valence electrons. The Hall–Kier alpha value is -3.11. The topological polar surface area (TPSA) is 99.0 Å². The number of benzene rings is 2. The highest BCUT2D eigenvalue weighted by Gasteiger charge is 2.26. The van der Waals surface area contributed by atoms with Crippen LogP contribution in [0.1, 0.15) is 24.3 Å². The molecule has 0 aliphatic carbocycles. The second kappa shape index (κ2) is 11.5. The molecule has 1 N–H and O–H groups in total. The van der Waals surface area contributed by atoms with Crippen LogP contribution in [-0.4, -0.2) is 55.4 Å². The summed E-state index contributed by atoms with van der Waals surface area (Å²) >= 11 is 3.43. The number of halogens is 1. The molecule has 0 spiro atoms. The molecular formula is C25H29BrN4O5. The predicted octanol–water partition coefficient (Wildman–Crippen LogP) is 4.05. The van der Waals surface area contributed by atoms with E-state index in [4.69, 9.17) is 18.7 Å². The number of carbonyl (C=O) groups is 1. The van der Waals surface area contributed by atoms with Gasteiger partial charge in [-0.3, -0.25) is 9.69 Å². The van der Waals surface area contributed by atoms with E-state index >= 15 is 0 Å². The molecule has 0 radical (unpaired) electrons. The lowest BCUT2D eigenvalue weighted by Gasteiger charge is -2.30. The van der Waals surface area contributed by atoms with Gasteiger partial charge in [0, 0.05) is 22.5 Å². The number of likely N-dealkylation sites (tertiary alicyclic amines) is 1. The minimum atomic E-state index is -0.0331. The first-order chi connectivity index (χ1) is 17.0. The molecule has 0 saturated carbocycles. The first-order valence-electron chi connectivity index (χ1n) is 11.4. The van der Waals surface area contributed by atoms with Gasteiger partial charge >= 0.3 is 0 Å². The summed E-state index contributed by atoms with van der Waals surface area (Å²) in [7, 11) is 4.71. The van der Waals surface area contributed by atoms with Crippen LogP contribution in [-0.2, 0) is 17.9 Å². The lowest BCUT2D eigenvalue weighted by atomic mass is 9.96. The molecule has 10 heteroatoms. The lowest BCUT2D eigenvalue weighted by molar-refractivity contribution is -0.126. The second-order valence-electron chi connectivity index (χ2n) is 8.32. The number of hydrogen-bond acceptors (Lipinski definition) is 8. The van der Waals surface area contributed by atoms with Crippen molar-refractivity contribution in [2.45, 2.75) is 25.9 Å². The minimum absolute atomic E-state index is 0.0331. The zero-order chi connectivity index (χ0) is 24.8. The summed E-state index contributed by atoms with van der Waals surface area (Å²) in [6.45, 7) is 2.54. The third-order valence-electron chi connectivity index (χ3n) is 6.08. The van der Waals surface area contributed by atoms with Crippen LogP contribution < -0.4 is 19.5 Å². The number of nitrogens with zero attached hydrogens (tertiary/aromatic N) is 3. The summed E-state index contributed by atoms with van der Waals surface area (Å²) < 4.78 is 22.6. The van der Waals surface area contributed by atoms with Gasteiger partial charge in [-0.15, -0.1) is 0 Å². The number of carbonyl (C=O) groups excluding carboxylic acids is 1. The van der Waals surface area contributed by atoms with Gasteiger partial charge in [-0.25, -0.2) is 0 Å². The normalized spacial score (nSPS) is 14.5. The van der Waals surface area contributed by atoms with Crippen molar-refractivity contribution < 1.29 is 23.5 Å². The average molecular weight is 545 g/mol. The van der Waals surface area contributed by atoms with Gasteiger partial charge in [0.15, 0.2) is 11.5 Å².